The molecule has 1 N–H and O–H groups in total. The van der Waals surface area contributed by atoms with Crippen LogP contribution in [0.5, 0.6) is 0 Å². The zero-order valence-electron chi connectivity index (χ0n) is 9.25. The van der Waals surface area contributed by atoms with E-state index in [9.17, 15) is 13.9 Å². The van der Waals surface area contributed by atoms with Crippen LogP contribution in [0.3, 0.4) is 0 Å². The summed E-state index contributed by atoms with van der Waals surface area (Å²) in [7, 11) is 0. The molecule has 0 saturated heterocycles. The monoisotopic (exact) mass is 230 g/mol. The standard InChI is InChI=1S/C12H16F2O2/c1-2-5-16-8-11(15)6-9-3-4-10(13)7-12(9)14/h3-4,7,11,15H,2,5-6,8H2,1H3. The van der Waals surface area contributed by atoms with Gasteiger partial charge in [-0.3, -0.25) is 0 Å². The van der Waals surface area contributed by atoms with Crippen LogP contribution in [-0.2, 0) is 11.2 Å². The Morgan fingerprint density at radius 3 is 2.75 bits per heavy atom. The molecule has 0 spiro atoms. The number of ether oxygens (including phenoxy) is 1. The van der Waals surface area contributed by atoms with Gasteiger partial charge in [0.05, 0.1) is 12.7 Å². The Morgan fingerprint density at radius 2 is 2.12 bits per heavy atom. The van der Waals surface area contributed by atoms with E-state index in [0.29, 0.717) is 12.2 Å². The first-order valence-electron chi connectivity index (χ1n) is 5.33. The number of rotatable bonds is 6. The van der Waals surface area contributed by atoms with Gasteiger partial charge in [-0.25, -0.2) is 8.78 Å². The molecule has 0 radical (unpaired) electrons. The first kappa shape index (κ1) is 13.1. The lowest BCUT2D eigenvalue weighted by Gasteiger charge is -2.11. The predicted octanol–water partition coefficient (Wildman–Crippen LogP) is 2.29. The fourth-order valence-electron chi connectivity index (χ4n) is 1.36. The van der Waals surface area contributed by atoms with Crippen LogP contribution < -0.4 is 0 Å². The van der Waals surface area contributed by atoms with Crippen molar-refractivity contribution in [1.82, 2.24) is 0 Å². The van der Waals surface area contributed by atoms with Crippen LogP contribution in [0.2, 0.25) is 0 Å². The maximum atomic E-state index is 13.2. The van der Waals surface area contributed by atoms with Crippen LogP contribution >= 0.6 is 0 Å². The zero-order valence-corrected chi connectivity index (χ0v) is 9.25. The molecule has 0 aliphatic rings. The third-order valence-corrected chi connectivity index (χ3v) is 2.13. The summed E-state index contributed by atoms with van der Waals surface area (Å²) in [6.45, 7) is 2.71. The third-order valence-electron chi connectivity index (χ3n) is 2.13. The number of aliphatic hydroxyl groups is 1. The second-order valence-electron chi connectivity index (χ2n) is 3.67. The summed E-state index contributed by atoms with van der Waals surface area (Å²) < 4.78 is 30.9. The molecule has 1 aromatic carbocycles. The van der Waals surface area contributed by atoms with Crippen molar-refractivity contribution in [2.24, 2.45) is 0 Å². The molecule has 0 fully saturated rings. The van der Waals surface area contributed by atoms with E-state index in [0.717, 1.165) is 12.5 Å². The molecule has 1 unspecified atom stereocenters. The Morgan fingerprint density at radius 1 is 1.38 bits per heavy atom. The Hall–Kier alpha value is -1.00. The highest BCUT2D eigenvalue weighted by Gasteiger charge is 2.10. The summed E-state index contributed by atoms with van der Waals surface area (Å²) in [6.07, 6.45) is 0.250. The molecular formula is C12H16F2O2. The lowest BCUT2D eigenvalue weighted by atomic mass is 10.1. The van der Waals surface area contributed by atoms with E-state index in [1.807, 2.05) is 6.92 Å². The summed E-state index contributed by atoms with van der Waals surface area (Å²) in [5.74, 6) is -1.24. The molecule has 90 valence electrons. The molecule has 0 saturated carbocycles. The minimum atomic E-state index is -0.758. The van der Waals surface area contributed by atoms with E-state index < -0.39 is 17.7 Å². The predicted molar refractivity (Wildman–Crippen MR) is 57.2 cm³/mol. The van der Waals surface area contributed by atoms with Gasteiger partial charge in [0, 0.05) is 19.1 Å². The lowest BCUT2D eigenvalue weighted by molar-refractivity contribution is 0.0370. The fourth-order valence-corrected chi connectivity index (χ4v) is 1.36. The topological polar surface area (TPSA) is 29.5 Å². The molecule has 1 aromatic rings. The van der Waals surface area contributed by atoms with Gasteiger partial charge in [0.1, 0.15) is 11.6 Å². The maximum absolute atomic E-state index is 13.2. The first-order chi connectivity index (χ1) is 7.63. The van der Waals surface area contributed by atoms with Gasteiger partial charge in [-0.2, -0.15) is 0 Å². The van der Waals surface area contributed by atoms with Gasteiger partial charge in [0.2, 0.25) is 0 Å². The molecule has 0 aliphatic heterocycles. The summed E-state index contributed by atoms with van der Waals surface area (Å²) in [5.41, 5.74) is 0.300. The van der Waals surface area contributed by atoms with Gasteiger partial charge in [-0.15, -0.1) is 0 Å². The molecule has 1 rings (SSSR count). The van der Waals surface area contributed by atoms with Crippen molar-refractivity contribution in [3.05, 3.63) is 35.4 Å². The SMILES string of the molecule is CCCOCC(O)Cc1ccc(F)cc1F. The van der Waals surface area contributed by atoms with Crippen molar-refractivity contribution in [3.8, 4) is 0 Å². The van der Waals surface area contributed by atoms with E-state index in [-0.39, 0.29) is 13.0 Å². The number of halogens is 2. The fraction of sp³-hybridized carbons (Fsp3) is 0.500. The van der Waals surface area contributed by atoms with E-state index in [2.05, 4.69) is 0 Å². The molecule has 0 aliphatic carbocycles. The van der Waals surface area contributed by atoms with Gasteiger partial charge in [0.15, 0.2) is 0 Å². The second kappa shape index (κ2) is 6.55. The Balaban J connectivity index is 2.46. The van der Waals surface area contributed by atoms with Crippen LogP contribution in [0.1, 0.15) is 18.9 Å². The molecule has 0 heterocycles. The number of hydrogen-bond acceptors (Lipinski definition) is 2. The van der Waals surface area contributed by atoms with Crippen LogP contribution in [-0.4, -0.2) is 24.4 Å². The highest BCUT2D eigenvalue weighted by atomic mass is 19.1. The Kier molecular flexibility index (Phi) is 5.35. The molecule has 2 nitrogen and oxygen atoms in total. The van der Waals surface area contributed by atoms with Crippen LogP contribution in [0.4, 0.5) is 8.78 Å². The van der Waals surface area contributed by atoms with Crippen LogP contribution in [0, 0.1) is 11.6 Å². The maximum Gasteiger partial charge on any atom is 0.129 e. The van der Waals surface area contributed by atoms with Crippen molar-refractivity contribution in [3.63, 3.8) is 0 Å². The van der Waals surface area contributed by atoms with Crippen molar-refractivity contribution < 1.29 is 18.6 Å². The first-order valence-corrected chi connectivity index (χ1v) is 5.33. The third kappa shape index (κ3) is 4.24. The molecule has 16 heavy (non-hydrogen) atoms. The molecule has 0 bridgehead atoms. The zero-order chi connectivity index (χ0) is 12.0. The smallest absolute Gasteiger partial charge is 0.129 e. The van der Waals surface area contributed by atoms with E-state index in [4.69, 9.17) is 4.74 Å². The van der Waals surface area contributed by atoms with Crippen LogP contribution in [0.25, 0.3) is 0 Å². The van der Waals surface area contributed by atoms with Gasteiger partial charge in [-0.1, -0.05) is 13.0 Å². The van der Waals surface area contributed by atoms with Crippen molar-refractivity contribution >= 4 is 0 Å². The molecule has 1 atom stereocenters. The summed E-state index contributed by atoms with van der Waals surface area (Å²) in [5, 5.41) is 9.54. The normalized spacial score (nSPS) is 12.8. The second-order valence-corrected chi connectivity index (χ2v) is 3.67. The minimum absolute atomic E-state index is 0.135. The Labute approximate surface area is 93.9 Å². The van der Waals surface area contributed by atoms with E-state index in [1.165, 1.54) is 12.1 Å². The van der Waals surface area contributed by atoms with Crippen molar-refractivity contribution in [2.75, 3.05) is 13.2 Å². The molecular weight excluding hydrogens is 214 g/mol. The van der Waals surface area contributed by atoms with Crippen molar-refractivity contribution in [1.29, 1.82) is 0 Å². The van der Waals surface area contributed by atoms with Crippen molar-refractivity contribution in [2.45, 2.75) is 25.9 Å². The quantitative estimate of drug-likeness (QED) is 0.760. The van der Waals surface area contributed by atoms with Gasteiger partial charge < -0.3 is 9.84 Å². The largest absolute Gasteiger partial charge is 0.390 e. The summed E-state index contributed by atoms with van der Waals surface area (Å²) >= 11 is 0. The van der Waals surface area contributed by atoms with E-state index >= 15 is 0 Å². The highest BCUT2D eigenvalue weighted by Crippen LogP contribution is 2.11. The number of benzene rings is 1. The van der Waals surface area contributed by atoms with Crippen LogP contribution in [0.15, 0.2) is 18.2 Å². The minimum Gasteiger partial charge on any atom is -0.390 e. The van der Waals surface area contributed by atoms with Gasteiger partial charge >= 0.3 is 0 Å². The Bertz CT molecular complexity index is 329. The molecule has 0 aromatic heterocycles. The average Bonchev–Trinajstić information content (AvgIpc) is 2.23. The number of hydrogen-bond donors (Lipinski definition) is 1. The highest BCUT2D eigenvalue weighted by molar-refractivity contribution is 5.19. The van der Waals surface area contributed by atoms with E-state index in [1.54, 1.807) is 0 Å². The average molecular weight is 230 g/mol. The summed E-state index contributed by atoms with van der Waals surface area (Å²) in [6, 6.07) is 3.33. The van der Waals surface area contributed by atoms with Gasteiger partial charge in [0.25, 0.3) is 0 Å². The van der Waals surface area contributed by atoms with Gasteiger partial charge in [-0.05, 0) is 18.1 Å². The summed E-state index contributed by atoms with van der Waals surface area (Å²) in [4.78, 5) is 0. The molecule has 0 amide bonds. The molecule has 4 heteroatoms. The number of aliphatic hydroxyl groups excluding tert-OH is 1. The lowest BCUT2D eigenvalue weighted by Crippen LogP contribution is -2.19.